The Kier molecular flexibility index (Phi) is 8.64. The minimum absolute atomic E-state index is 0.0476. The summed E-state index contributed by atoms with van der Waals surface area (Å²) in [4.78, 5) is 18.1. The molecule has 4 atom stereocenters. The van der Waals surface area contributed by atoms with Crippen LogP contribution in [-0.2, 0) is 11.2 Å². The Labute approximate surface area is 242 Å². The molecule has 0 bridgehead atoms. The number of nitrogens with zero attached hydrogens (tertiary/aromatic N) is 2. The van der Waals surface area contributed by atoms with Gasteiger partial charge in [-0.05, 0) is 97.5 Å². The van der Waals surface area contributed by atoms with Crippen molar-refractivity contribution in [2.45, 2.75) is 71.4 Å². The van der Waals surface area contributed by atoms with Crippen LogP contribution in [0.15, 0.2) is 48.7 Å². The summed E-state index contributed by atoms with van der Waals surface area (Å²) >= 11 is 0. The van der Waals surface area contributed by atoms with E-state index in [2.05, 4.69) is 54.9 Å². The van der Waals surface area contributed by atoms with Crippen molar-refractivity contribution in [2.75, 3.05) is 20.2 Å². The second kappa shape index (κ2) is 12.2. The summed E-state index contributed by atoms with van der Waals surface area (Å²) < 4.78 is 27.0. The highest BCUT2D eigenvalue weighted by Crippen LogP contribution is 2.48. The van der Waals surface area contributed by atoms with Crippen LogP contribution in [0, 0.1) is 17.7 Å². The third-order valence-corrected chi connectivity index (χ3v) is 9.05. The van der Waals surface area contributed by atoms with Crippen LogP contribution in [0.4, 0.5) is 4.39 Å². The first kappa shape index (κ1) is 29.1. The van der Waals surface area contributed by atoms with Crippen molar-refractivity contribution >= 4 is 5.97 Å². The van der Waals surface area contributed by atoms with Gasteiger partial charge < -0.3 is 19.4 Å². The predicted molar refractivity (Wildman–Crippen MR) is 155 cm³/mol. The second-order valence-electron chi connectivity index (χ2n) is 11.4. The number of benzene rings is 2. The van der Waals surface area contributed by atoms with E-state index in [1.807, 2.05) is 12.1 Å². The summed E-state index contributed by atoms with van der Waals surface area (Å²) in [6, 6.07) is 14.1. The fourth-order valence-electron chi connectivity index (χ4n) is 6.48. The maximum Gasteiger partial charge on any atom is 0.213 e. The van der Waals surface area contributed by atoms with Gasteiger partial charge in [0.05, 0.1) is 13.3 Å². The molecule has 0 saturated heterocycles. The van der Waals surface area contributed by atoms with Crippen molar-refractivity contribution < 1.29 is 23.8 Å². The molecule has 41 heavy (non-hydrogen) atoms. The quantitative estimate of drug-likeness (QED) is 0.277. The zero-order valence-electron chi connectivity index (χ0n) is 24.7. The largest absolute Gasteiger partial charge is 0.550 e. The maximum absolute atomic E-state index is 15.1. The third-order valence-electron chi connectivity index (χ3n) is 9.05. The number of carboxylic acid groups (broad SMARTS) is 1. The van der Waals surface area contributed by atoms with Crippen LogP contribution in [0.1, 0.15) is 87.3 Å². The van der Waals surface area contributed by atoms with Gasteiger partial charge in [-0.2, -0.15) is 0 Å². The lowest BCUT2D eigenvalue weighted by atomic mass is 9.82. The van der Waals surface area contributed by atoms with Crippen LogP contribution >= 0.6 is 0 Å². The average Bonchev–Trinajstić information content (AvgIpc) is 3.82. The molecule has 3 aromatic rings. The molecular formula is C34H40FN2O4-. The minimum atomic E-state index is -1.00. The van der Waals surface area contributed by atoms with Gasteiger partial charge in [0, 0.05) is 29.6 Å². The van der Waals surface area contributed by atoms with Crippen molar-refractivity contribution in [2.24, 2.45) is 11.8 Å². The number of aromatic nitrogens is 1. The van der Waals surface area contributed by atoms with Gasteiger partial charge in [0.25, 0.3) is 0 Å². The van der Waals surface area contributed by atoms with E-state index in [9.17, 15) is 9.90 Å². The van der Waals surface area contributed by atoms with Gasteiger partial charge in [0.15, 0.2) is 0 Å². The van der Waals surface area contributed by atoms with E-state index < -0.39 is 17.7 Å². The third kappa shape index (κ3) is 5.96. The van der Waals surface area contributed by atoms with E-state index in [0.717, 1.165) is 72.3 Å². The number of carbonyl (C=O) groups is 1. The molecule has 2 aromatic carbocycles. The molecule has 5 rings (SSSR count). The molecule has 1 saturated carbocycles. The highest BCUT2D eigenvalue weighted by molar-refractivity contribution is 5.70. The lowest BCUT2D eigenvalue weighted by molar-refractivity contribution is -0.311. The normalized spacial score (nSPS) is 18.8. The summed E-state index contributed by atoms with van der Waals surface area (Å²) in [5, 5.41) is 11.8. The van der Waals surface area contributed by atoms with E-state index in [-0.39, 0.29) is 18.1 Å². The monoisotopic (exact) mass is 559 g/mol. The number of carbonyl (C=O) groups excluding carboxylic acids is 1. The fourth-order valence-corrected chi connectivity index (χ4v) is 6.48. The molecule has 7 heteroatoms. The molecular weight excluding hydrogens is 519 g/mol. The van der Waals surface area contributed by atoms with Gasteiger partial charge >= 0.3 is 0 Å². The summed E-state index contributed by atoms with van der Waals surface area (Å²) in [6.07, 6.45) is 4.83. The Morgan fingerprint density at radius 1 is 1.10 bits per heavy atom. The molecule has 1 aromatic heterocycles. The van der Waals surface area contributed by atoms with Gasteiger partial charge in [-0.3, -0.25) is 4.90 Å². The van der Waals surface area contributed by atoms with Crippen LogP contribution < -0.4 is 14.6 Å². The summed E-state index contributed by atoms with van der Waals surface area (Å²) in [5.41, 5.74) is 5.50. The average molecular weight is 560 g/mol. The molecule has 218 valence electrons. The van der Waals surface area contributed by atoms with Crippen molar-refractivity contribution in [3.8, 4) is 22.8 Å². The Morgan fingerprint density at radius 3 is 2.51 bits per heavy atom. The van der Waals surface area contributed by atoms with E-state index in [4.69, 9.17) is 9.47 Å². The van der Waals surface area contributed by atoms with Crippen LogP contribution in [0.2, 0.25) is 0 Å². The predicted octanol–water partition coefficient (Wildman–Crippen LogP) is 6.25. The molecule has 0 N–H and O–H groups in total. The zero-order chi connectivity index (χ0) is 29.3. The number of carboxylic acids is 1. The van der Waals surface area contributed by atoms with Crippen LogP contribution in [-0.4, -0.2) is 36.1 Å². The molecule has 1 aliphatic carbocycles. The summed E-state index contributed by atoms with van der Waals surface area (Å²) in [7, 11) is 1.53. The fraction of sp³-hybridized carbons (Fsp3) is 0.471. The van der Waals surface area contributed by atoms with Gasteiger partial charge in [0.1, 0.15) is 17.7 Å². The lowest BCUT2D eigenvalue weighted by Gasteiger charge is -2.32. The Balaban J connectivity index is 1.50. The lowest BCUT2D eigenvalue weighted by Crippen LogP contribution is -2.34. The van der Waals surface area contributed by atoms with Gasteiger partial charge in [-0.25, -0.2) is 9.37 Å². The van der Waals surface area contributed by atoms with E-state index in [1.165, 1.54) is 13.3 Å². The summed E-state index contributed by atoms with van der Waals surface area (Å²) in [6.45, 7) is 9.91. The van der Waals surface area contributed by atoms with Crippen molar-refractivity contribution in [1.29, 1.82) is 0 Å². The van der Waals surface area contributed by atoms with Gasteiger partial charge in [-0.15, -0.1) is 0 Å². The molecule has 6 nitrogen and oxygen atoms in total. The standard InChI is InChI=1S/C34H41FN2O4/c1-6-37(7-2)21(4)27-16-24(12-14-26(27)28-18-32(40-5)36-19-29(28)35)30-15-13-22-8-11-25(17-31(22)41-30)33(23-9-10-23)20(3)34(38)39/h8,11-12,14,16-21,23,30,33H,6-7,9-10,13,15H2,1-5H3,(H,38,39)/p-1/t20-,21?,30?,33-/m0/s1. The smallest absolute Gasteiger partial charge is 0.213 e. The number of ether oxygens (including phenoxy) is 2. The number of aliphatic carboxylic acids is 1. The van der Waals surface area contributed by atoms with Crippen molar-refractivity contribution in [3.05, 3.63) is 76.7 Å². The Morgan fingerprint density at radius 2 is 1.85 bits per heavy atom. The van der Waals surface area contributed by atoms with E-state index in [1.54, 1.807) is 13.0 Å². The molecule has 2 unspecified atom stereocenters. The van der Waals surface area contributed by atoms with E-state index in [0.29, 0.717) is 17.4 Å². The molecule has 2 heterocycles. The SMILES string of the molecule is CCN(CC)C(C)c1cc(C2CCc3ccc([C@H](C4CC4)[C@H](C)C(=O)[O-])cc3O2)ccc1-c1cc(OC)ncc1F. The number of methoxy groups -OCH3 is 1. The summed E-state index contributed by atoms with van der Waals surface area (Å²) in [5.74, 6) is -0.445. The Hall–Kier alpha value is -3.45. The number of hydrogen-bond acceptors (Lipinski definition) is 6. The number of hydrogen-bond donors (Lipinski definition) is 0. The molecule has 1 fully saturated rings. The molecule has 0 spiro atoms. The molecule has 0 amide bonds. The Bertz CT molecular complexity index is 1400. The number of fused-ring (bicyclic) bond motifs is 1. The topological polar surface area (TPSA) is 74.7 Å². The number of pyridine rings is 1. The number of rotatable bonds is 11. The van der Waals surface area contributed by atoms with Crippen LogP contribution in [0.3, 0.4) is 0 Å². The highest BCUT2D eigenvalue weighted by atomic mass is 19.1. The highest BCUT2D eigenvalue weighted by Gasteiger charge is 2.37. The van der Waals surface area contributed by atoms with Crippen LogP contribution in [0.25, 0.3) is 11.1 Å². The van der Waals surface area contributed by atoms with E-state index >= 15 is 4.39 Å². The molecule has 2 aliphatic rings. The number of aryl methyl sites for hydroxylation is 1. The van der Waals surface area contributed by atoms with Crippen molar-refractivity contribution in [3.63, 3.8) is 0 Å². The minimum Gasteiger partial charge on any atom is -0.550 e. The van der Waals surface area contributed by atoms with Gasteiger partial charge in [0.2, 0.25) is 5.88 Å². The second-order valence-corrected chi connectivity index (χ2v) is 11.4. The molecule has 0 radical (unpaired) electrons. The molecule has 1 aliphatic heterocycles. The van der Waals surface area contributed by atoms with Gasteiger partial charge in [-0.1, -0.05) is 45.0 Å². The first-order chi connectivity index (χ1) is 19.7. The number of halogens is 1. The van der Waals surface area contributed by atoms with Crippen LogP contribution in [0.5, 0.6) is 11.6 Å². The first-order valence-electron chi connectivity index (χ1n) is 14.8. The first-order valence-corrected chi connectivity index (χ1v) is 14.8. The zero-order valence-corrected chi connectivity index (χ0v) is 24.7. The van der Waals surface area contributed by atoms with Crippen molar-refractivity contribution in [1.82, 2.24) is 9.88 Å². The maximum atomic E-state index is 15.1.